The minimum absolute atomic E-state index is 0.0748. The molecule has 2 amide bonds. The van der Waals surface area contributed by atoms with Crippen molar-refractivity contribution in [3.63, 3.8) is 0 Å². The molecule has 9 heteroatoms. The maximum Gasteiger partial charge on any atom is 0.257 e. The van der Waals surface area contributed by atoms with Gasteiger partial charge < -0.3 is 24.2 Å². The zero-order valence-electron chi connectivity index (χ0n) is 20.9. The predicted molar refractivity (Wildman–Crippen MR) is 133 cm³/mol. The maximum atomic E-state index is 13.8. The second kappa shape index (κ2) is 11.0. The van der Waals surface area contributed by atoms with Crippen molar-refractivity contribution in [3.8, 4) is 5.75 Å². The summed E-state index contributed by atoms with van der Waals surface area (Å²) in [5.74, 6) is 1.17. The number of fused-ring (bicyclic) bond motifs is 1. The van der Waals surface area contributed by atoms with Gasteiger partial charge in [-0.2, -0.15) is 0 Å². The van der Waals surface area contributed by atoms with Crippen molar-refractivity contribution in [2.45, 2.75) is 38.2 Å². The fourth-order valence-electron chi connectivity index (χ4n) is 4.72. The van der Waals surface area contributed by atoms with E-state index in [1.807, 2.05) is 39.2 Å². The topological polar surface area (TPSA) is 88.1 Å². The maximum absolute atomic E-state index is 13.8. The van der Waals surface area contributed by atoms with E-state index in [0.29, 0.717) is 50.8 Å². The Morgan fingerprint density at radius 1 is 1.11 bits per heavy atom. The molecular formula is C26H35N5O4. The number of hydrogen-bond acceptors (Lipinski definition) is 7. The average Bonchev–Trinajstić information content (AvgIpc) is 2.88. The second-order valence-electron chi connectivity index (χ2n) is 9.28. The van der Waals surface area contributed by atoms with E-state index in [4.69, 9.17) is 9.47 Å². The number of para-hydroxylation sites is 1. The molecule has 9 nitrogen and oxygen atoms in total. The number of benzene rings is 1. The minimum Gasteiger partial charge on any atom is -0.491 e. The molecule has 35 heavy (non-hydrogen) atoms. The molecule has 1 aromatic carbocycles. The Morgan fingerprint density at radius 2 is 1.89 bits per heavy atom. The lowest BCUT2D eigenvalue weighted by molar-refractivity contribution is -0.170. The summed E-state index contributed by atoms with van der Waals surface area (Å²) in [6.07, 6.45) is 6.23. The number of carbonyl (C=O) groups is 2. The molecule has 2 aliphatic rings. The fourth-order valence-corrected chi connectivity index (χ4v) is 4.72. The zero-order chi connectivity index (χ0) is 24.8. The summed E-state index contributed by atoms with van der Waals surface area (Å²) in [4.78, 5) is 40.9. The molecule has 1 fully saturated rings. The van der Waals surface area contributed by atoms with E-state index in [9.17, 15) is 9.59 Å². The van der Waals surface area contributed by atoms with Crippen molar-refractivity contribution in [2.24, 2.45) is 0 Å². The molecule has 4 rings (SSSR count). The first-order valence-electron chi connectivity index (χ1n) is 12.4. The van der Waals surface area contributed by atoms with Gasteiger partial charge >= 0.3 is 0 Å². The highest BCUT2D eigenvalue weighted by molar-refractivity contribution is 5.95. The Hall–Kier alpha value is -3.20. The second-order valence-corrected chi connectivity index (χ2v) is 9.28. The third-order valence-corrected chi connectivity index (χ3v) is 6.69. The van der Waals surface area contributed by atoms with Gasteiger partial charge in [-0.1, -0.05) is 18.2 Å². The first-order valence-corrected chi connectivity index (χ1v) is 12.4. The number of hydrogen-bond donors (Lipinski definition) is 0. The van der Waals surface area contributed by atoms with Crippen LogP contribution in [0.4, 0.5) is 5.95 Å². The summed E-state index contributed by atoms with van der Waals surface area (Å²) in [7, 11) is 3.70. The smallest absolute Gasteiger partial charge is 0.257 e. The van der Waals surface area contributed by atoms with Gasteiger partial charge in [0.1, 0.15) is 12.4 Å². The Bertz CT molecular complexity index is 1030. The first-order chi connectivity index (χ1) is 16.9. The highest BCUT2D eigenvalue weighted by Crippen LogP contribution is 2.30. The number of carbonyl (C=O) groups excluding carboxylic acids is 2. The summed E-state index contributed by atoms with van der Waals surface area (Å²) in [5.41, 5.74) is 0.525. The van der Waals surface area contributed by atoms with Gasteiger partial charge in [-0.3, -0.25) is 9.59 Å². The number of anilines is 1. The van der Waals surface area contributed by atoms with Crippen LogP contribution in [-0.2, 0) is 16.0 Å². The van der Waals surface area contributed by atoms with Crippen LogP contribution in [0.5, 0.6) is 5.75 Å². The van der Waals surface area contributed by atoms with Crippen LogP contribution in [0.1, 0.15) is 42.1 Å². The van der Waals surface area contributed by atoms with Crippen LogP contribution in [0.2, 0.25) is 0 Å². The highest BCUT2D eigenvalue weighted by Gasteiger charge is 2.46. The van der Waals surface area contributed by atoms with Gasteiger partial charge in [-0.25, -0.2) is 9.97 Å². The number of aryl methyl sites for hydroxylation is 1. The van der Waals surface area contributed by atoms with E-state index >= 15 is 0 Å². The number of nitrogens with zero attached hydrogens (tertiary/aromatic N) is 5. The summed E-state index contributed by atoms with van der Waals surface area (Å²) in [6.45, 7) is 4.32. The molecule has 188 valence electrons. The van der Waals surface area contributed by atoms with Crippen molar-refractivity contribution in [1.29, 1.82) is 0 Å². The molecular weight excluding hydrogens is 446 g/mol. The van der Waals surface area contributed by atoms with Gasteiger partial charge in [-0.05, 0) is 44.2 Å². The van der Waals surface area contributed by atoms with Crippen LogP contribution >= 0.6 is 0 Å². The fraction of sp³-hybridized carbons (Fsp3) is 0.538. The third kappa shape index (κ3) is 5.56. The lowest BCUT2D eigenvalue weighted by Gasteiger charge is -2.44. The van der Waals surface area contributed by atoms with E-state index in [1.54, 1.807) is 27.1 Å². The molecule has 0 N–H and O–H groups in total. The first kappa shape index (κ1) is 24.9. The largest absolute Gasteiger partial charge is 0.491 e. The van der Waals surface area contributed by atoms with Gasteiger partial charge in [0.2, 0.25) is 5.95 Å². The molecule has 1 atom stereocenters. The lowest BCUT2D eigenvalue weighted by Crippen LogP contribution is -2.62. The molecule has 1 spiro atoms. The predicted octanol–water partition coefficient (Wildman–Crippen LogP) is 2.41. The molecule has 2 aromatic rings. The molecule has 1 aromatic heterocycles. The highest BCUT2D eigenvalue weighted by atomic mass is 16.5. The number of morpholine rings is 1. The summed E-state index contributed by atoms with van der Waals surface area (Å²) < 4.78 is 12.3. The molecule has 2 aliphatic heterocycles. The standard InChI is InChI=1S/C26H35N5O4/c1-4-30-13-15-34-22-11-6-5-9-20(22)10-7-8-12-26(24(30)33)19-31(14-16-35-26)23(32)21-17-27-25(28-18-21)29(2)3/h5-6,9,11,17-18H,4,7-8,10,12-16,19H2,1-3H3. The van der Waals surface area contributed by atoms with E-state index < -0.39 is 5.60 Å². The normalized spacial score (nSPS) is 21.5. The van der Waals surface area contributed by atoms with Gasteiger partial charge in [0.05, 0.1) is 25.3 Å². The number of aromatic nitrogens is 2. The van der Waals surface area contributed by atoms with Crippen molar-refractivity contribution in [2.75, 3.05) is 58.4 Å². The molecule has 0 aliphatic carbocycles. The van der Waals surface area contributed by atoms with Crippen molar-refractivity contribution < 1.29 is 19.1 Å². The lowest BCUT2D eigenvalue weighted by atomic mass is 9.90. The molecule has 0 saturated carbocycles. The summed E-state index contributed by atoms with van der Waals surface area (Å²) in [5, 5.41) is 0. The van der Waals surface area contributed by atoms with Crippen molar-refractivity contribution in [1.82, 2.24) is 19.8 Å². The summed E-state index contributed by atoms with van der Waals surface area (Å²) >= 11 is 0. The van der Waals surface area contributed by atoms with Crippen LogP contribution in [0.3, 0.4) is 0 Å². The Balaban J connectivity index is 1.54. The minimum atomic E-state index is -1.06. The Morgan fingerprint density at radius 3 is 2.63 bits per heavy atom. The molecule has 1 saturated heterocycles. The van der Waals surface area contributed by atoms with Gasteiger partial charge in [-0.15, -0.1) is 0 Å². The number of likely N-dealkylation sites (N-methyl/N-ethyl adjacent to an activating group) is 1. The van der Waals surface area contributed by atoms with Crippen LogP contribution in [0, 0.1) is 0 Å². The SMILES string of the molecule is CCN1CCOc2ccccc2CCCCC2(CN(C(=O)c3cnc(N(C)C)nc3)CCO2)C1=O. The Kier molecular flexibility index (Phi) is 7.85. The number of ether oxygens (including phenoxy) is 2. The van der Waals surface area contributed by atoms with Crippen LogP contribution in [0.15, 0.2) is 36.7 Å². The zero-order valence-corrected chi connectivity index (χ0v) is 20.9. The molecule has 0 bridgehead atoms. The quantitative estimate of drug-likeness (QED) is 0.665. The van der Waals surface area contributed by atoms with Crippen LogP contribution < -0.4 is 9.64 Å². The number of rotatable bonds is 3. The van der Waals surface area contributed by atoms with Gasteiger partial charge in [0.15, 0.2) is 5.60 Å². The van der Waals surface area contributed by atoms with Gasteiger partial charge in [0.25, 0.3) is 11.8 Å². The number of amides is 2. The average molecular weight is 482 g/mol. The molecule has 1 unspecified atom stereocenters. The molecule has 0 radical (unpaired) electrons. The van der Waals surface area contributed by atoms with E-state index in [-0.39, 0.29) is 18.4 Å². The van der Waals surface area contributed by atoms with Crippen molar-refractivity contribution >= 4 is 17.8 Å². The van der Waals surface area contributed by atoms with Crippen LogP contribution in [-0.4, -0.2) is 90.7 Å². The summed E-state index contributed by atoms with van der Waals surface area (Å²) in [6, 6.07) is 8.09. The monoisotopic (exact) mass is 481 g/mol. The van der Waals surface area contributed by atoms with E-state index in [1.165, 1.54) is 5.56 Å². The van der Waals surface area contributed by atoms with Gasteiger partial charge in [0, 0.05) is 39.6 Å². The van der Waals surface area contributed by atoms with E-state index in [0.717, 1.165) is 25.0 Å². The van der Waals surface area contributed by atoms with Crippen molar-refractivity contribution in [3.05, 3.63) is 47.8 Å². The van der Waals surface area contributed by atoms with Crippen LogP contribution in [0.25, 0.3) is 0 Å². The third-order valence-electron chi connectivity index (χ3n) is 6.69. The molecule has 3 heterocycles. The Labute approximate surface area is 207 Å². The van der Waals surface area contributed by atoms with E-state index in [2.05, 4.69) is 16.0 Å².